The molecule has 66 heavy (non-hydrogen) atoms. The molecule has 372 valence electrons. The maximum atomic E-state index is 11.7. The lowest BCUT2D eigenvalue weighted by Crippen LogP contribution is -2.53. The molecule has 0 bridgehead atoms. The lowest BCUT2D eigenvalue weighted by atomic mass is 9.86. The van der Waals surface area contributed by atoms with Crippen molar-refractivity contribution in [3.05, 3.63) is 41.8 Å². The van der Waals surface area contributed by atoms with Crippen LogP contribution in [0, 0.1) is 5.41 Å². The van der Waals surface area contributed by atoms with E-state index in [0.29, 0.717) is 18.7 Å². The molecule has 0 radical (unpaired) electrons. The summed E-state index contributed by atoms with van der Waals surface area (Å²) in [7, 11) is 5.25. The van der Waals surface area contributed by atoms with Gasteiger partial charge in [0, 0.05) is 60.2 Å². The van der Waals surface area contributed by atoms with Crippen LogP contribution < -0.4 is 31.2 Å². The number of anilines is 1. The summed E-state index contributed by atoms with van der Waals surface area (Å²) in [6, 6.07) is 7.82. The van der Waals surface area contributed by atoms with Crippen LogP contribution >= 0.6 is 23.3 Å². The lowest BCUT2D eigenvalue weighted by Gasteiger charge is -2.36. The van der Waals surface area contributed by atoms with E-state index in [1.165, 1.54) is 32.1 Å². The molecule has 17 heteroatoms. The number of likely N-dealkylation sites (tertiary alicyclic amines) is 1. The van der Waals surface area contributed by atoms with Crippen LogP contribution in [0.15, 0.2) is 41.8 Å². The number of likely N-dealkylation sites (N-methyl/N-ethyl adjacent to an activating group) is 1. The zero-order valence-corrected chi connectivity index (χ0v) is 43.6. The summed E-state index contributed by atoms with van der Waals surface area (Å²) in [4.78, 5) is 54.3. The Hall–Kier alpha value is -4.45. The SMILES string of the molecule is CC.CC(C)(C)C(CN1CCCCS1)NC(=O)NCC=O.CCCCC/C=C\CCC(=O)O.CN1CCC[C@@]1(C)C(N)=O.COc1ccc2c(OC)cc(-c3csc(NC(C)C)n3)nc2c1. The third-order valence-corrected chi connectivity index (χ3v) is 12.7. The number of benzene rings is 1. The molecule has 5 rings (SSSR count). The molecular weight excluding hydrogens is 877 g/mol. The number of aromatic nitrogens is 2. The number of methoxy groups -OCH3 is 2. The summed E-state index contributed by atoms with van der Waals surface area (Å²) in [5, 5.41) is 21.0. The number of urea groups is 1. The van der Waals surface area contributed by atoms with E-state index in [0.717, 1.165) is 83.6 Å². The second kappa shape index (κ2) is 32.3. The molecule has 1 unspecified atom stereocenters. The number of primary amides is 1. The van der Waals surface area contributed by atoms with Crippen LogP contribution in [0.4, 0.5) is 9.93 Å². The summed E-state index contributed by atoms with van der Waals surface area (Å²) in [6.07, 6.45) is 14.9. The van der Waals surface area contributed by atoms with Gasteiger partial charge >= 0.3 is 12.0 Å². The zero-order chi connectivity index (χ0) is 49.7. The van der Waals surface area contributed by atoms with E-state index in [2.05, 4.69) is 72.9 Å². The molecule has 2 atom stereocenters. The molecule has 1 aromatic carbocycles. The normalized spacial score (nSPS) is 16.5. The summed E-state index contributed by atoms with van der Waals surface area (Å²) >= 11 is 3.43. The number of aldehydes is 1. The van der Waals surface area contributed by atoms with Crippen molar-refractivity contribution in [3.8, 4) is 22.9 Å². The van der Waals surface area contributed by atoms with Crippen LogP contribution in [0.25, 0.3) is 22.3 Å². The minimum atomic E-state index is -0.715. The number of hydrogen-bond donors (Lipinski definition) is 5. The lowest BCUT2D eigenvalue weighted by molar-refractivity contribution is -0.137. The van der Waals surface area contributed by atoms with E-state index in [1.54, 1.807) is 25.6 Å². The van der Waals surface area contributed by atoms with E-state index >= 15 is 0 Å². The van der Waals surface area contributed by atoms with Crippen LogP contribution in [0.1, 0.15) is 127 Å². The van der Waals surface area contributed by atoms with Crippen LogP contribution in [0.2, 0.25) is 0 Å². The summed E-state index contributed by atoms with van der Waals surface area (Å²) in [5.41, 5.74) is 7.30. The molecule has 15 nitrogen and oxygen atoms in total. The molecular formula is C49H82N8O7S2. The smallest absolute Gasteiger partial charge is 0.315 e. The van der Waals surface area contributed by atoms with Gasteiger partial charge < -0.3 is 41.1 Å². The maximum Gasteiger partial charge on any atom is 0.315 e. The van der Waals surface area contributed by atoms with Crippen LogP contribution in [-0.2, 0) is 14.4 Å². The first-order valence-corrected chi connectivity index (χ1v) is 25.2. The number of amides is 3. The number of hydrogen-bond acceptors (Lipinski definition) is 13. The molecule has 3 aromatic rings. The second-order valence-corrected chi connectivity index (χ2v) is 19.4. The van der Waals surface area contributed by atoms with Crippen LogP contribution in [-0.4, -0.2) is 119 Å². The third-order valence-electron chi connectivity index (χ3n) is 10.7. The number of unbranched alkanes of at least 4 members (excludes halogenated alkanes) is 3. The highest BCUT2D eigenvalue weighted by Gasteiger charge is 2.39. The molecule has 2 aliphatic heterocycles. The van der Waals surface area contributed by atoms with Gasteiger partial charge in [-0.1, -0.05) is 78.5 Å². The van der Waals surface area contributed by atoms with E-state index < -0.39 is 5.97 Å². The predicted octanol–water partition coefficient (Wildman–Crippen LogP) is 9.81. The number of nitrogens with zero attached hydrogens (tertiary/aromatic N) is 4. The standard InChI is InChI=1S/C17H19N3O2S.C13H25N3O2S.C10H18O2.C7H14N2O.C2H6/c1-10(2)18-17-20-15(9-23-17)14-8-16(22-4)12-6-5-11(21-3)7-13(12)19-14;1-13(2,3)11(15-12(18)14-6-8-17)10-16-7-4-5-9-19-16;1-2-3-4-5-6-7-8-9-10(11)12;1-7(6(8)10)4-3-5-9(7)2;1-2/h5-10H,1-4H3,(H,18,20);8,11H,4-7,9-10H2,1-3H3,(H2,14,15,18);6-7H,2-5,8-9H2,1H3,(H,11,12);3-5H2,1-2H3,(H2,8,10);1-2H3/b;;7-6-;;/t;;;7-;/m...0./s1. The van der Waals surface area contributed by atoms with E-state index in [4.69, 9.17) is 25.3 Å². The molecule has 0 saturated carbocycles. The highest BCUT2D eigenvalue weighted by Crippen LogP contribution is 2.33. The number of carbonyl (C=O) groups excluding carboxylic acids is 3. The van der Waals surface area contributed by atoms with Gasteiger partial charge in [0.25, 0.3) is 0 Å². The number of carbonyl (C=O) groups is 4. The van der Waals surface area contributed by atoms with E-state index in [9.17, 15) is 19.2 Å². The van der Waals surface area contributed by atoms with Gasteiger partial charge in [-0.2, -0.15) is 0 Å². The fourth-order valence-corrected chi connectivity index (χ4v) is 8.50. The van der Waals surface area contributed by atoms with Gasteiger partial charge in [0.1, 0.15) is 23.5 Å². The number of rotatable bonds is 18. The number of carboxylic acids is 1. The number of pyridine rings is 1. The van der Waals surface area contributed by atoms with Crippen molar-refractivity contribution in [2.45, 2.75) is 144 Å². The first-order chi connectivity index (χ1) is 31.4. The average Bonchev–Trinajstić information content (AvgIpc) is 3.91. The first kappa shape index (κ1) is 59.6. The van der Waals surface area contributed by atoms with Gasteiger partial charge in [-0.3, -0.25) is 14.5 Å². The Labute approximate surface area is 404 Å². The molecule has 0 aliphatic carbocycles. The van der Waals surface area contributed by atoms with Gasteiger partial charge in [0.05, 0.1) is 37.5 Å². The molecule has 2 aliphatic rings. The number of aliphatic carboxylic acids is 1. The first-order valence-electron chi connectivity index (χ1n) is 23.4. The highest BCUT2D eigenvalue weighted by atomic mass is 32.2. The van der Waals surface area contributed by atoms with Crippen molar-refractivity contribution >= 4 is 63.5 Å². The quantitative estimate of drug-likeness (QED) is 0.0349. The third kappa shape index (κ3) is 22.4. The topological polar surface area (TPSA) is 201 Å². The monoisotopic (exact) mass is 959 g/mol. The van der Waals surface area contributed by atoms with Crippen molar-refractivity contribution in [1.29, 1.82) is 0 Å². The summed E-state index contributed by atoms with van der Waals surface area (Å²) in [6.45, 7) is 21.6. The van der Waals surface area contributed by atoms with Crippen LogP contribution in [0.3, 0.4) is 0 Å². The molecule has 3 amide bonds. The van der Waals surface area contributed by atoms with Gasteiger partial charge in [0.2, 0.25) is 5.91 Å². The molecule has 6 N–H and O–H groups in total. The Bertz CT molecular complexity index is 1900. The largest absolute Gasteiger partial charge is 0.497 e. The average molecular weight is 959 g/mol. The minimum Gasteiger partial charge on any atom is -0.497 e. The van der Waals surface area contributed by atoms with Crippen LogP contribution in [0.5, 0.6) is 11.5 Å². The molecule has 4 heterocycles. The fraction of sp³-hybridized carbons (Fsp3) is 0.633. The number of nitrogens with two attached hydrogens (primary N) is 1. The van der Waals surface area contributed by atoms with E-state index in [-0.39, 0.29) is 41.9 Å². The van der Waals surface area contributed by atoms with Gasteiger partial charge in [-0.15, -0.1) is 11.3 Å². The maximum absolute atomic E-state index is 11.7. The number of fused-ring (bicyclic) bond motifs is 1. The number of nitrogens with one attached hydrogen (secondary N) is 3. The summed E-state index contributed by atoms with van der Waals surface area (Å²) < 4.78 is 13.1. The highest BCUT2D eigenvalue weighted by molar-refractivity contribution is 7.97. The van der Waals surface area contributed by atoms with Gasteiger partial charge in [0.15, 0.2) is 5.13 Å². The van der Waals surface area contributed by atoms with Crippen molar-refractivity contribution < 1.29 is 33.8 Å². The Kier molecular flexibility index (Phi) is 29.1. The molecule has 2 saturated heterocycles. The Morgan fingerprint density at radius 2 is 1.71 bits per heavy atom. The number of allylic oxidation sites excluding steroid dienone is 2. The van der Waals surface area contributed by atoms with Crippen molar-refractivity contribution in [3.63, 3.8) is 0 Å². The molecule has 2 aromatic heterocycles. The zero-order valence-electron chi connectivity index (χ0n) is 42.0. The fourth-order valence-electron chi connectivity index (χ4n) is 6.55. The minimum absolute atomic E-state index is 0.0173. The number of ether oxygens (including phenoxy) is 2. The molecule has 0 spiro atoms. The summed E-state index contributed by atoms with van der Waals surface area (Å²) in [5.74, 6) is 1.79. The van der Waals surface area contributed by atoms with Crippen molar-refractivity contribution in [2.24, 2.45) is 11.1 Å². The Morgan fingerprint density at radius 3 is 2.24 bits per heavy atom. The second-order valence-electron chi connectivity index (χ2n) is 17.4. The van der Waals surface area contributed by atoms with E-state index in [1.807, 2.05) is 80.4 Å². The van der Waals surface area contributed by atoms with Crippen molar-refractivity contribution in [2.75, 3.05) is 58.5 Å². The predicted molar refractivity (Wildman–Crippen MR) is 275 cm³/mol. The van der Waals surface area contributed by atoms with Crippen molar-refractivity contribution in [1.82, 2.24) is 29.8 Å². The molecule has 2 fully saturated rings. The Balaban J connectivity index is 0.000000457. The van der Waals surface area contributed by atoms with Gasteiger partial charge in [-0.25, -0.2) is 19.1 Å². The number of thiazole rings is 1. The number of carboxylic acid groups (broad SMARTS) is 1. The Morgan fingerprint density at radius 1 is 1.00 bits per heavy atom. The van der Waals surface area contributed by atoms with Gasteiger partial charge in [-0.05, 0) is 96.9 Å².